The molecular formula is C19H18N2O5. The first kappa shape index (κ1) is 17.6. The third-order valence-electron chi connectivity index (χ3n) is 4.24. The summed E-state index contributed by atoms with van der Waals surface area (Å²) in [4.78, 5) is 38.2. The van der Waals surface area contributed by atoms with E-state index in [0.717, 1.165) is 10.5 Å². The summed E-state index contributed by atoms with van der Waals surface area (Å²) in [5.74, 6) is -1.06. The topological polar surface area (TPSA) is 95.9 Å². The van der Waals surface area contributed by atoms with Gasteiger partial charge in [-0.1, -0.05) is 24.3 Å². The first-order valence-electron chi connectivity index (χ1n) is 8.05. The molecule has 0 spiro atoms. The second-order valence-corrected chi connectivity index (χ2v) is 5.79. The van der Waals surface area contributed by atoms with Crippen LogP contribution in [0.25, 0.3) is 0 Å². The zero-order valence-corrected chi connectivity index (χ0v) is 14.1. The Kier molecular flexibility index (Phi) is 4.99. The molecule has 0 fully saturated rings. The van der Waals surface area contributed by atoms with Crippen molar-refractivity contribution in [2.45, 2.75) is 12.6 Å². The van der Waals surface area contributed by atoms with Gasteiger partial charge >= 0.3 is 0 Å². The number of aliphatic hydroxyl groups excluding tert-OH is 1. The summed E-state index contributed by atoms with van der Waals surface area (Å²) in [6.45, 7) is -0.456. The minimum absolute atomic E-state index is 0.197. The fourth-order valence-corrected chi connectivity index (χ4v) is 2.82. The van der Waals surface area contributed by atoms with E-state index in [1.54, 1.807) is 43.5 Å². The van der Waals surface area contributed by atoms with Crippen molar-refractivity contribution in [3.05, 3.63) is 65.2 Å². The normalized spacial score (nSPS) is 14.2. The van der Waals surface area contributed by atoms with Gasteiger partial charge in [0.25, 0.3) is 11.8 Å². The number of amides is 3. The lowest BCUT2D eigenvalue weighted by Crippen LogP contribution is -2.51. The van der Waals surface area contributed by atoms with Gasteiger partial charge in [-0.25, -0.2) is 0 Å². The molecule has 3 amide bonds. The smallest absolute Gasteiger partial charge is 0.262 e. The van der Waals surface area contributed by atoms with E-state index in [0.29, 0.717) is 5.75 Å². The van der Waals surface area contributed by atoms with Crippen molar-refractivity contribution in [1.29, 1.82) is 0 Å². The van der Waals surface area contributed by atoms with Crippen molar-refractivity contribution in [2.75, 3.05) is 13.7 Å². The Morgan fingerprint density at radius 1 is 1.08 bits per heavy atom. The zero-order chi connectivity index (χ0) is 18.7. The van der Waals surface area contributed by atoms with Gasteiger partial charge in [0.2, 0.25) is 5.91 Å². The summed E-state index contributed by atoms with van der Waals surface area (Å²) in [5.41, 5.74) is 1.29. The van der Waals surface area contributed by atoms with Gasteiger partial charge in [-0.05, 0) is 29.8 Å². The van der Waals surface area contributed by atoms with Gasteiger partial charge in [-0.2, -0.15) is 0 Å². The molecule has 26 heavy (non-hydrogen) atoms. The summed E-state index contributed by atoms with van der Waals surface area (Å²) in [7, 11) is 1.56. The molecule has 134 valence electrons. The lowest BCUT2D eigenvalue weighted by molar-refractivity contribution is -0.126. The summed E-state index contributed by atoms with van der Waals surface area (Å²) in [6.07, 6.45) is 0. The van der Waals surface area contributed by atoms with Gasteiger partial charge in [0.15, 0.2) is 0 Å². The minimum Gasteiger partial charge on any atom is -0.497 e. The summed E-state index contributed by atoms with van der Waals surface area (Å²) >= 11 is 0. The van der Waals surface area contributed by atoms with Gasteiger partial charge in [0.1, 0.15) is 11.8 Å². The Morgan fingerprint density at radius 2 is 1.65 bits per heavy atom. The maximum absolute atomic E-state index is 12.5. The summed E-state index contributed by atoms with van der Waals surface area (Å²) in [6, 6.07) is 12.2. The minimum atomic E-state index is -1.28. The number of nitrogens with zero attached hydrogens (tertiary/aromatic N) is 1. The molecule has 1 heterocycles. The highest BCUT2D eigenvalue weighted by Gasteiger charge is 2.42. The maximum atomic E-state index is 12.5. The molecule has 0 aliphatic carbocycles. The molecule has 0 aromatic heterocycles. The summed E-state index contributed by atoms with van der Waals surface area (Å²) in [5, 5.41) is 12.3. The molecule has 2 N–H and O–H groups in total. The van der Waals surface area contributed by atoms with Crippen LogP contribution in [0.2, 0.25) is 0 Å². The highest BCUT2D eigenvalue weighted by Crippen LogP contribution is 2.24. The molecule has 0 saturated heterocycles. The number of hydrogen-bond donors (Lipinski definition) is 2. The Morgan fingerprint density at radius 3 is 2.15 bits per heavy atom. The number of nitrogens with one attached hydrogen (secondary N) is 1. The second-order valence-electron chi connectivity index (χ2n) is 5.79. The fourth-order valence-electron chi connectivity index (χ4n) is 2.82. The van der Waals surface area contributed by atoms with Gasteiger partial charge in [-0.3, -0.25) is 19.3 Å². The lowest BCUT2D eigenvalue weighted by Gasteiger charge is -2.23. The predicted molar refractivity (Wildman–Crippen MR) is 92.7 cm³/mol. The third kappa shape index (κ3) is 3.16. The van der Waals surface area contributed by atoms with Crippen LogP contribution in [0.4, 0.5) is 0 Å². The van der Waals surface area contributed by atoms with E-state index in [1.807, 2.05) is 0 Å². The van der Waals surface area contributed by atoms with Crippen LogP contribution in [0, 0.1) is 0 Å². The standard InChI is InChI=1S/C19H18N2O5/c1-26-13-8-6-12(7-9-13)10-20-17(23)16(11-22)21-18(24)14-4-2-3-5-15(14)19(21)25/h2-9,16,22H,10-11H2,1H3,(H,20,23). The number of fused-ring (bicyclic) bond motifs is 1. The van der Waals surface area contributed by atoms with Crippen LogP contribution in [0.3, 0.4) is 0 Å². The molecule has 7 nitrogen and oxygen atoms in total. The Labute approximate surface area is 150 Å². The largest absolute Gasteiger partial charge is 0.497 e. The van der Waals surface area contributed by atoms with Crippen LogP contribution in [0.15, 0.2) is 48.5 Å². The van der Waals surface area contributed by atoms with Gasteiger partial charge < -0.3 is 15.2 Å². The van der Waals surface area contributed by atoms with Crippen molar-refractivity contribution in [3.8, 4) is 5.75 Å². The van der Waals surface area contributed by atoms with Crippen LogP contribution in [0.5, 0.6) is 5.75 Å². The number of aliphatic hydroxyl groups is 1. The average molecular weight is 354 g/mol. The predicted octanol–water partition coefficient (Wildman–Crippen LogP) is 0.968. The van der Waals surface area contributed by atoms with Crippen molar-refractivity contribution >= 4 is 17.7 Å². The average Bonchev–Trinajstić information content (AvgIpc) is 2.93. The maximum Gasteiger partial charge on any atom is 0.262 e. The molecule has 2 aromatic rings. The van der Waals surface area contributed by atoms with Crippen LogP contribution >= 0.6 is 0 Å². The summed E-state index contributed by atoms with van der Waals surface area (Å²) < 4.78 is 5.07. The van der Waals surface area contributed by atoms with Crippen LogP contribution in [-0.2, 0) is 11.3 Å². The van der Waals surface area contributed by atoms with E-state index in [-0.39, 0.29) is 17.7 Å². The van der Waals surface area contributed by atoms with E-state index in [4.69, 9.17) is 4.74 Å². The number of carbonyl (C=O) groups excluding carboxylic acids is 3. The zero-order valence-electron chi connectivity index (χ0n) is 14.1. The number of ether oxygens (including phenoxy) is 1. The van der Waals surface area contributed by atoms with Gasteiger partial charge in [0.05, 0.1) is 24.8 Å². The van der Waals surface area contributed by atoms with Crippen molar-refractivity contribution in [3.63, 3.8) is 0 Å². The molecule has 1 unspecified atom stereocenters. The third-order valence-corrected chi connectivity index (χ3v) is 4.24. The number of rotatable bonds is 6. The second kappa shape index (κ2) is 7.37. The number of carbonyl (C=O) groups is 3. The SMILES string of the molecule is COc1ccc(CNC(=O)C(CO)N2C(=O)c3ccccc3C2=O)cc1. The molecule has 1 atom stereocenters. The Balaban J connectivity index is 1.71. The van der Waals surface area contributed by atoms with Crippen LogP contribution in [-0.4, -0.2) is 47.5 Å². The highest BCUT2D eigenvalue weighted by atomic mass is 16.5. The van der Waals surface area contributed by atoms with Crippen molar-refractivity contribution < 1.29 is 24.2 Å². The van der Waals surface area contributed by atoms with Gasteiger partial charge in [-0.15, -0.1) is 0 Å². The Hall–Kier alpha value is -3.19. The molecule has 2 aromatic carbocycles. The quantitative estimate of drug-likeness (QED) is 0.754. The molecule has 0 saturated carbocycles. The molecule has 3 rings (SSSR count). The van der Waals surface area contributed by atoms with Crippen molar-refractivity contribution in [1.82, 2.24) is 10.2 Å². The van der Waals surface area contributed by atoms with Crippen LogP contribution in [0.1, 0.15) is 26.3 Å². The lowest BCUT2D eigenvalue weighted by atomic mass is 10.1. The highest BCUT2D eigenvalue weighted by molar-refractivity contribution is 6.22. The number of imide groups is 1. The van der Waals surface area contributed by atoms with E-state index in [1.165, 1.54) is 12.1 Å². The van der Waals surface area contributed by atoms with Gasteiger partial charge in [0, 0.05) is 6.54 Å². The Bertz CT molecular complexity index is 812. The first-order chi connectivity index (χ1) is 12.6. The molecule has 1 aliphatic rings. The van der Waals surface area contributed by atoms with E-state index < -0.39 is 30.4 Å². The van der Waals surface area contributed by atoms with E-state index >= 15 is 0 Å². The number of benzene rings is 2. The van der Waals surface area contributed by atoms with E-state index in [2.05, 4.69) is 5.32 Å². The van der Waals surface area contributed by atoms with Crippen molar-refractivity contribution in [2.24, 2.45) is 0 Å². The van der Waals surface area contributed by atoms with Crippen LogP contribution < -0.4 is 10.1 Å². The molecule has 1 aliphatic heterocycles. The molecule has 0 radical (unpaired) electrons. The number of hydrogen-bond acceptors (Lipinski definition) is 5. The molecular weight excluding hydrogens is 336 g/mol. The molecule has 7 heteroatoms. The number of methoxy groups -OCH3 is 1. The monoisotopic (exact) mass is 354 g/mol. The first-order valence-corrected chi connectivity index (χ1v) is 8.05. The molecule has 0 bridgehead atoms. The fraction of sp³-hybridized carbons (Fsp3) is 0.211. The van der Waals surface area contributed by atoms with E-state index in [9.17, 15) is 19.5 Å².